The van der Waals surface area contributed by atoms with Crippen LogP contribution in [0.1, 0.15) is 69.7 Å². The molecule has 1 aliphatic heterocycles. The first-order chi connectivity index (χ1) is 20.2. The van der Waals surface area contributed by atoms with Crippen molar-refractivity contribution in [2.24, 2.45) is 4.99 Å². The predicted octanol–water partition coefficient (Wildman–Crippen LogP) is 4.79. The van der Waals surface area contributed by atoms with Gasteiger partial charge in [0.1, 0.15) is 17.5 Å². The standard InChI is InChI=1S/C33H38F2N4O3/c1-4-10-39(11-5-2)33(42)25-13-21(3)12-24(17-25)32(41)38-29(16-22-14-26(34)18-27(35)15-22)30(40)20-37-31-28-9-7-6-8-23(28)19-36-31/h6-9,12-15,17-18,29-30,40H,4-5,10-11,16,19-20H2,1-3H3,(H,36,37)(H,38,41)/t29-,30+/m0/s1. The van der Waals surface area contributed by atoms with Crippen LogP contribution in [0.4, 0.5) is 8.78 Å². The monoisotopic (exact) mass is 576 g/mol. The van der Waals surface area contributed by atoms with E-state index in [0.29, 0.717) is 31.0 Å². The van der Waals surface area contributed by atoms with E-state index in [2.05, 4.69) is 15.6 Å². The molecule has 1 heterocycles. The average molecular weight is 577 g/mol. The fraction of sp³-hybridized carbons (Fsp3) is 0.364. The van der Waals surface area contributed by atoms with Crippen LogP contribution >= 0.6 is 0 Å². The summed E-state index contributed by atoms with van der Waals surface area (Å²) in [5.41, 5.74) is 3.70. The van der Waals surface area contributed by atoms with Crippen molar-refractivity contribution in [1.29, 1.82) is 0 Å². The molecule has 0 bridgehead atoms. The summed E-state index contributed by atoms with van der Waals surface area (Å²) >= 11 is 0. The predicted molar refractivity (Wildman–Crippen MR) is 160 cm³/mol. The van der Waals surface area contributed by atoms with E-state index < -0.39 is 29.7 Å². The number of benzene rings is 3. The smallest absolute Gasteiger partial charge is 0.253 e. The maximum atomic E-state index is 14.0. The second-order valence-electron chi connectivity index (χ2n) is 10.7. The molecule has 0 saturated carbocycles. The number of rotatable bonds is 12. The molecule has 0 aliphatic carbocycles. The molecule has 0 saturated heterocycles. The summed E-state index contributed by atoms with van der Waals surface area (Å²) in [7, 11) is 0. The Morgan fingerprint density at radius 3 is 2.33 bits per heavy atom. The molecule has 0 spiro atoms. The van der Waals surface area contributed by atoms with Gasteiger partial charge in [0, 0.05) is 42.4 Å². The van der Waals surface area contributed by atoms with E-state index in [1.807, 2.05) is 45.0 Å². The minimum Gasteiger partial charge on any atom is -0.389 e. The third-order valence-corrected chi connectivity index (χ3v) is 7.18. The molecule has 42 heavy (non-hydrogen) atoms. The van der Waals surface area contributed by atoms with Crippen LogP contribution in [0.2, 0.25) is 0 Å². The number of fused-ring (bicyclic) bond motifs is 1. The van der Waals surface area contributed by atoms with Crippen molar-refractivity contribution in [3.63, 3.8) is 0 Å². The molecule has 3 aromatic rings. The van der Waals surface area contributed by atoms with Crippen LogP contribution in [0.15, 0.2) is 65.7 Å². The molecule has 9 heteroatoms. The van der Waals surface area contributed by atoms with E-state index >= 15 is 0 Å². The fourth-order valence-corrected chi connectivity index (χ4v) is 5.23. The largest absolute Gasteiger partial charge is 0.389 e. The van der Waals surface area contributed by atoms with Crippen molar-refractivity contribution in [2.75, 3.05) is 19.6 Å². The van der Waals surface area contributed by atoms with Crippen LogP contribution in [-0.2, 0) is 13.0 Å². The third-order valence-electron chi connectivity index (χ3n) is 7.18. The number of amides is 2. The summed E-state index contributed by atoms with van der Waals surface area (Å²) in [5, 5.41) is 17.2. The Balaban J connectivity index is 1.55. The Kier molecular flexibility index (Phi) is 10.4. The summed E-state index contributed by atoms with van der Waals surface area (Å²) in [5.74, 6) is -1.51. The molecule has 0 aromatic heterocycles. The van der Waals surface area contributed by atoms with Crippen LogP contribution in [0.5, 0.6) is 0 Å². The van der Waals surface area contributed by atoms with E-state index in [4.69, 9.17) is 0 Å². The lowest BCUT2D eigenvalue weighted by Gasteiger charge is -2.26. The van der Waals surface area contributed by atoms with Gasteiger partial charge in [0.15, 0.2) is 0 Å². The lowest BCUT2D eigenvalue weighted by molar-refractivity contribution is 0.0755. The van der Waals surface area contributed by atoms with Crippen LogP contribution in [-0.4, -0.2) is 59.4 Å². The average Bonchev–Trinajstić information content (AvgIpc) is 3.37. The first-order valence-corrected chi connectivity index (χ1v) is 14.4. The number of amidine groups is 1. The summed E-state index contributed by atoms with van der Waals surface area (Å²) in [6.45, 7) is 7.62. The van der Waals surface area contributed by atoms with Gasteiger partial charge in [-0.15, -0.1) is 0 Å². The quantitative estimate of drug-likeness (QED) is 0.289. The molecular weight excluding hydrogens is 538 g/mol. The maximum absolute atomic E-state index is 14.0. The van der Waals surface area contributed by atoms with Crippen LogP contribution in [0.3, 0.4) is 0 Å². The van der Waals surface area contributed by atoms with Crippen molar-refractivity contribution < 1.29 is 23.5 Å². The van der Waals surface area contributed by atoms with Crippen molar-refractivity contribution in [2.45, 2.75) is 58.7 Å². The Morgan fingerprint density at radius 2 is 1.64 bits per heavy atom. The molecule has 3 aromatic carbocycles. The molecule has 2 amide bonds. The number of nitrogens with one attached hydrogen (secondary N) is 2. The minimum atomic E-state index is -1.13. The van der Waals surface area contributed by atoms with Gasteiger partial charge >= 0.3 is 0 Å². The van der Waals surface area contributed by atoms with E-state index in [9.17, 15) is 23.5 Å². The number of aryl methyl sites for hydroxylation is 1. The summed E-state index contributed by atoms with van der Waals surface area (Å²) in [6, 6.07) is 15.0. The van der Waals surface area contributed by atoms with Crippen molar-refractivity contribution >= 4 is 17.6 Å². The lowest BCUT2D eigenvalue weighted by atomic mass is 9.99. The molecule has 0 fully saturated rings. The van der Waals surface area contributed by atoms with Gasteiger partial charge in [0.05, 0.1) is 18.7 Å². The van der Waals surface area contributed by atoms with Crippen LogP contribution in [0, 0.1) is 18.6 Å². The van der Waals surface area contributed by atoms with Gasteiger partial charge in [0.2, 0.25) is 0 Å². The SMILES string of the molecule is CCCN(CCC)C(=O)c1cc(C)cc(C(=O)N[C@@H](Cc2cc(F)cc(F)c2)[C@H](O)CNC2=NCc3ccccc32)c1. The first-order valence-electron chi connectivity index (χ1n) is 14.4. The zero-order chi connectivity index (χ0) is 30.2. The fourth-order valence-electron chi connectivity index (χ4n) is 5.23. The molecule has 3 N–H and O–H groups in total. The number of aliphatic hydroxyl groups excluding tert-OH is 1. The number of aliphatic imine (C=N–C) groups is 1. The Bertz CT molecular complexity index is 1430. The zero-order valence-electron chi connectivity index (χ0n) is 24.3. The van der Waals surface area contributed by atoms with Gasteiger partial charge in [0.25, 0.3) is 11.8 Å². The van der Waals surface area contributed by atoms with Crippen LogP contribution in [0.25, 0.3) is 0 Å². The molecule has 0 radical (unpaired) electrons. The molecule has 222 valence electrons. The molecule has 2 atom stereocenters. The van der Waals surface area contributed by atoms with E-state index in [1.165, 1.54) is 12.1 Å². The molecule has 1 aliphatic rings. The van der Waals surface area contributed by atoms with Crippen LogP contribution < -0.4 is 10.6 Å². The Labute approximate surface area is 245 Å². The summed E-state index contributed by atoms with van der Waals surface area (Å²) < 4.78 is 28.0. The van der Waals surface area contributed by atoms with Gasteiger partial charge < -0.3 is 20.6 Å². The Hall–Kier alpha value is -4.11. The molecule has 7 nitrogen and oxygen atoms in total. The highest BCUT2D eigenvalue weighted by atomic mass is 19.1. The summed E-state index contributed by atoms with van der Waals surface area (Å²) in [6.07, 6.45) is 0.477. The number of hydrogen-bond donors (Lipinski definition) is 3. The third kappa shape index (κ3) is 7.79. The molecule has 4 rings (SSSR count). The number of carbonyl (C=O) groups is 2. The molecular formula is C33H38F2N4O3. The van der Waals surface area contributed by atoms with Gasteiger partial charge in [-0.3, -0.25) is 14.6 Å². The second kappa shape index (κ2) is 14.2. The number of hydrogen-bond acceptors (Lipinski definition) is 5. The van der Waals surface area contributed by atoms with Crippen molar-refractivity contribution in [3.8, 4) is 0 Å². The number of carbonyl (C=O) groups excluding carboxylic acids is 2. The first kappa shape index (κ1) is 30.8. The van der Waals surface area contributed by atoms with Crippen molar-refractivity contribution in [3.05, 3.63) is 106 Å². The minimum absolute atomic E-state index is 0.0231. The summed E-state index contributed by atoms with van der Waals surface area (Å²) in [4.78, 5) is 33.0. The number of nitrogens with zero attached hydrogens (tertiary/aromatic N) is 2. The van der Waals surface area contributed by atoms with Crippen molar-refractivity contribution in [1.82, 2.24) is 15.5 Å². The normalized spacial score (nSPS) is 13.6. The van der Waals surface area contributed by atoms with Gasteiger partial charge in [-0.1, -0.05) is 38.1 Å². The molecule has 0 unspecified atom stereocenters. The van der Waals surface area contributed by atoms with E-state index in [1.54, 1.807) is 23.1 Å². The highest BCUT2D eigenvalue weighted by Gasteiger charge is 2.26. The highest BCUT2D eigenvalue weighted by molar-refractivity contribution is 6.02. The maximum Gasteiger partial charge on any atom is 0.253 e. The van der Waals surface area contributed by atoms with Gasteiger partial charge in [-0.2, -0.15) is 0 Å². The van der Waals surface area contributed by atoms with Gasteiger partial charge in [-0.05, 0) is 73.2 Å². The highest BCUT2D eigenvalue weighted by Crippen LogP contribution is 2.18. The second-order valence-corrected chi connectivity index (χ2v) is 10.7. The number of aliphatic hydroxyl groups is 1. The number of halogens is 2. The van der Waals surface area contributed by atoms with Gasteiger partial charge in [-0.25, -0.2) is 8.78 Å². The Morgan fingerprint density at radius 1 is 0.976 bits per heavy atom. The lowest BCUT2D eigenvalue weighted by Crippen LogP contribution is -2.49. The zero-order valence-corrected chi connectivity index (χ0v) is 24.3. The topological polar surface area (TPSA) is 94.0 Å². The van der Waals surface area contributed by atoms with E-state index in [0.717, 1.165) is 35.6 Å². The van der Waals surface area contributed by atoms with E-state index in [-0.39, 0.29) is 30.0 Å².